The molecular formula is C23H22N2O4. The summed E-state index contributed by atoms with van der Waals surface area (Å²) in [7, 11) is 0. The summed E-state index contributed by atoms with van der Waals surface area (Å²) in [5.74, 6) is -1.97. The molecule has 1 saturated carbocycles. The van der Waals surface area contributed by atoms with Crippen molar-refractivity contribution in [3.05, 3.63) is 59.7 Å². The fourth-order valence-corrected chi connectivity index (χ4v) is 4.67. The van der Waals surface area contributed by atoms with Gasteiger partial charge in [-0.25, -0.2) is 9.59 Å². The highest BCUT2D eigenvalue weighted by atomic mass is 16.5. The van der Waals surface area contributed by atoms with Crippen LogP contribution >= 0.6 is 0 Å². The zero-order valence-electron chi connectivity index (χ0n) is 15.9. The number of alkyl carbamates (subject to hydrolysis) is 1. The molecule has 0 aromatic heterocycles. The molecule has 6 heteroatoms. The molecule has 2 aliphatic carbocycles. The maximum absolute atomic E-state index is 12.4. The number of carboxylic acid groups (broad SMARTS) is 1. The van der Waals surface area contributed by atoms with Gasteiger partial charge < -0.3 is 15.2 Å². The van der Waals surface area contributed by atoms with Crippen molar-refractivity contribution in [2.45, 2.75) is 31.2 Å². The van der Waals surface area contributed by atoms with Gasteiger partial charge in [-0.1, -0.05) is 55.0 Å². The number of amides is 1. The number of rotatable bonds is 5. The molecule has 0 heterocycles. The number of aliphatic carboxylic acids is 1. The Kier molecular flexibility index (Phi) is 5.22. The van der Waals surface area contributed by atoms with E-state index in [0.29, 0.717) is 12.8 Å². The predicted octanol–water partition coefficient (Wildman–Crippen LogP) is 3.92. The SMILES string of the molecule is N#CC1CCCC1C(NC(=O)OCC1c2ccccc2-c2ccccc21)C(=O)O. The number of carbonyl (C=O) groups is 2. The molecule has 2 N–H and O–H groups in total. The van der Waals surface area contributed by atoms with Crippen molar-refractivity contribution < 1.29 is 19.4 Å². The number of ether oxygens (including phenoxy) is 1. The highest BCUT2D eigenvalue weighted by molar-refractivity contribution is 5.81. The summed E-state index contributed by atoms with van der Waals surface area (Å²) in [6.45, 7) is 0.124. The molecule has 1 amide bonds. The van der Waals surface area contributed by atoms with Gasteiger partial charge in [0.2, 0.25) is 0 Å². The molecule has 2 aromatic carbocycles. The van der Waals surface area contributed by atoms with Crippen molar-refractivity contribution in [3.8, 4) is 17.2 Å². The Hall–Kier alpha value is -3.33. The van der Waals surface area contributed by atoms with E-state index in [0.717, 1.165) is 28.7 Å². The number of nitriles is 1. The van der Waals surface area contributed by atoms with Crippen LogP contribution in [0.1, 0.15) is 36.3 Å². The summed E-state index contributed by atoms with van der Waals surface area (Å²) in [6, 6.07) is 17.1. The number of hydrogen-bond acceptors (Lipinski definition) is 4. The molecule has 4 rings (SSSR count). The first-order chi connectivity index (χ1) is 14.1. The highest BCUT2D eigenvalue weighted by Gasteiger charge is 2.39. The van der Waals surface area contributed by atoms with Gasteiger partial charge >= 0.3 is 12.1 Å². The van der Waals surface area contributed by atoms with E-state index in [1.807, 2.05) is 36.4 Å². The highest BCUT2D eigenvalue weighted by Crippen LogP contribution is 2.44. The minimum Gasteiger partial charge on any atom is -0.480 e. The second kappa shape index (κ2) is 7.96. The molecule has 3 unspecified atom stereocenters. The van der Waals surface area contributed by atoms with Crippen LogP contribution in [0, 0.1) is 23.2 Å². The lowest BCUT2D eigenvalue weighted by Crippen LogP contribution is -2.47. The molecule has 0 aliphatic heterocycles. The van der Waals surface area contributed by atoms with Crippen LogP contribution in [0.15, 0.2) is 48.5 Å². The number of hydrogen-bond donors (Lipinski definition) is 2. The maximum Gasteiger partial charge on any atom is 0.407 e. The lowest BCUT2D eigenvalue weighted by Gasteiger charge is -2.23. The summed E-state index contributed by atoms with van der Waals surface area (Å²) in [5.41, 5.74) is 4.44. The first-order valence-electron chi connectivity index (χ1n) is 9.84. The van der Waals surface area contributed by atoms with Crippen LogP contribution in [0.5, 0.6) is 0 Å². The standard InChI is InChI=1S/C23H22N2O4/c24-12-14-6-5-11-15(14)21(22(26)27)25-23(28)29-13-20-18-9-3-1-7-16(18)17-8-2-4-10-19(17)20/h1-4,7-10,14-15,20-21H,5-6,11,13H2,(H,25,28)(H,26,27). The van der Waals surface area contributed by atoms with Gasteiger partial charge in [0.15, 0.2) is 0 Å². The maximum atomic E-state index is 12.4. The third kappa shape index (κ3) is 3.56. The Bertz CT molecular complexity index is 935. The lowest BCUT2D eigenvalue weighted by molar-refractivity contribution is -0.141. The first-order valence-corrected chi connectivity index (χ1v) is 9.84. The Morgan fingerprint density at radius 1 is 1.10 bits per heavy atom. The molecule has 3 atom stereocenters. The van der Waals surface area contributed by atoms with Crippen LogP contribution in [-0.2, 0) is 9.53 Å². The van der Waals surface area contributed by atoms with Crippen molar-refractivity contribution in [2.75, 3.05) is 6.61 Å². The third-order valence-corrected chi connectivity index (χ3v) is 6.05. The minimum atomic E-state index is -1.13. The van der Waals surface area contributed by atoms with Crippen LogP contribution < -0.4 is 5.32 Å². The molecule has 0 bridgehead atoms. The van der Waals surface area contributed by atoms with Gasteiger partial charge in [0.1, 0.15) is 12.6 Å². The van der Waals surface area contributed by atoms with Gasteiger partial charge in [-0.3, -0.25) is 0 Å². The number of carbonyl (C=O) groups excluding carboxylic acids is 1. The molecule has 2 aromatic rings. The van der Waals surface area contributed by atoms with Gasteiger partial charge in [-0.15, -0.1) is 0 Å². The van der Waals surface area contributed by atoms with Crippen LogP contribution in [0.4, 0.5) is 4.79 Å². The van der Waals surface area contributed by atoms with E-state index in [1.54, 1.807) is 0 Å². The van der Waals surface area contributed by atoms with E-state index >= 15 is 0 Å². The van der Waals surface area contributed by atoms with Crippen molar-refractivity contribution in [3.63, 3.8) is 0 Å². The van der Waals surface area contributed by atoms with Crippen molar-refractivity contribution in [1.29, 1.82) is 5.26 Å². The van der Waals surface area contributed by atoms with Crippen molar-refractivity contribution >= 4 is 12.1 Å². The average Bonchev–Trinajstić information content (AvgIpc) is 3.33. The summed E-state index contributed by atoms with van der Waals surface area (Å²) >= 11 is 0. The Morgan fingerprint density at radius 3 is 2.31 bits per heavy atom. The van der Waals surface area contributed by atoms with E-state index < -0.39 is 24.0 Å². The molecule has 29 heavy (non-hydrogen) atoms. The van der Waals surface area contributed by atoms with Crippen LogP contribution in [0.3, 0.4) is 0 Å². The van der Waals surface area contributed by atoms with Gasteiger partial charge in [0, 0.05) is 11.8 Å². The largest absolute Gasteiger partial charge is 0.480 e. The fraction of sp³-hybridized carbons (Fsp3) is 0.348. The van der Waals surface area contributed by atoms with E-state index in [9.17, 15) is 20.0 Å². The van der Waals surface area contributed by atoms with Crippen LogP contribution in [0.25, 0.3) is 11.1 Å². The third-order valence-electron chi connectivity index (χ3n) is 6.05. The molecule has 6 nitrogen and oxygen atoms in total. The average molecular weight is 390 g/mol. The number of fused-ring (bicyclic) bond motifs is 3. The molecule has 1 fully saturated rings. The first kappa shape index (κ1) is 19.0. The lowest BCUT2D eigenvalue weighted by atomic mass is 9.90. The number of benzene rings is 2. The zero-order valence-corrected chi connectivity index (χ0v) is 15.9. The predicted molar refractivity (Wildman–Crippen MR) is 106 cm³/mol. The number of carboxylic acids is 1. The van der Waals surface area contributed by atoms with Gasteiger partial charge in [0.25, 0.3) is 0 Å². The van der Waals surface area contributed by atoms with E-state index in [1.165, 1.54) is 0 Å². The summed E-state index contributed by atoms with van der Waals surface area (Å²) in [6.07, 6.45) is 1.30. The van der Waals surface area contributed by atoms with E-state index in [-0.39, 0.29) is 18.4 Å². The second-order valence-electron chi connectivity index (χ2n) is 7.62. The van der Waals surface area contributed by atoms with E-state index in [4.69, 9.17) is 4.74 Å². The topological polar surface area (TPSA) is 99.4 Å². The number of nitrogens with zero attached hydrogens (tertiary/aromatic N) is 1. The normalized spacial score (nSPS) is 20.9. The second-order valence-corrected chi connectivity index (χ2v) is 7.62. The van der Waals surface area contributed by atoms with E-state index in [2.05, 4.69) is 23.5 Å². The van der Waals surface area contributed by atoms with Gasteiger partial charge in [0.05, 0.1) is 12.0 Å². The van der Waals surface area contributed by atoms with Crippen molar-refractivity contribution in [2.24, 2.45) is 11.8 Å². The summed E-state index contributed by atoms with van der Waals surface area (Å²) in [5, 5.41) is 21.3. The summed E-state index contributed by atoms with van der Waals surface area (Å²) in [4.78, 5) is 24.1. The Labute approximate surface area is 169 Å². The number of nitrogens with one attached hydrogen (secondary N) is 1. The fourth-order valence-electron chi connectivity index (χ4n) is 4.67. The quantitative estimate of drug-likeness (QED) is 0.806. The molecule has 148 valence electrons. The minimum absolute atomic E-state index is 0.0882. The molecule has 0 radical (unpaired) electrons. The Morgan fingerprint density at radius 2 is 1.72 bits per heavy atom. The van der Waals surface area contributed by atoms with Crippen LogP contribution in [-0.4, -0.2) is 29.8 Å². The van der Waals surface area contributed by atoms with Gasteiger partial charge in [-0.2, -0.15) is 5.26 Å². The smallest absolute Gasteiger partial charge is 0.407 e. The molecule has 0 saturated heterocycles. The Balaban J connectivity index is 1.46. The summed E-state index contributed by atoms with van der Waals surface area (Å²) < 4.78 is 5.45. The van der Waals surface area contributed by atoms with Gasteiger partial charge in [-0.05, 0) is 35.1 Å². The molecule has 2 aliphatic rings. The zero-order chi connectivity index (χ0) is 20.4. The van der Waals surface area contributed by atoms with Crippen molar-refractivity contribution in [1.82, 2.24) is 5.32 Å². The molecular weight excluding hydrogens is 368 g/mol. The van der Waals surface area contributed by atoms with Crippen LogP contribution in [0.2, 0.25) is 0 Å². The monoisotopic (exact) mass is 390 g/mol. The molecule has 0 spiro atoms.